The molecule has 5 rings (SSSR count). The number of anilines is 3. The van der Waals surface area contributed by atoms with E-state index in [0.29, 0.717) is 5.75 Å². The number of hydrogen-bond donors (Lipinski definition) is 2. The Morgan fingerprint density at radius 3 is 2.53 bits per heavy atom. The molecule has 7 nitrogen and oxygen atoms in total. The molecule has 2 aromatic heterocycles. The van der Waals surface area contributed by atoms with Gasteiger partial charge in [-0.15, -0.1) is 0 Å². The average Bonchev–Trinajstić information content (AvgIpc) is 2.86. The Kier molecular flexibility index (Phi) is 6.13. The number of aromatic nitrogens is 2. The molecule has 2 aromatic carbocycles. The fourth-order valence-corrected chi connectivity index (χ4v) is 4.38. The minimum atomic E-state index is -0.0646. The molecule has 1 fully saturated rings. The van der Waals surface area contributed by atoms with Gasteiger partial charge in [-0.2, -0.15) is 0 Å². The lowest BCUT2D eigenvalue weighted by Gasteiger charge is -2.33. The molecular formula is C26H26ClN5O2. The summed E-state index contributed by atoms with van der Waals surface area (Å²) in [5, 5.41) is 14.8. The van der Waals surface area contributed by atoms with E-state index >= 15 is 0 Å². The molecule has 0 spiro atoms. The van der Waals surface area contributed by atoms with Crippen molar-refractivity contribution in [1.82, 2.24) is 14.9 Å². The van der Waals surface area contributed by atoms with Crippen molar-refractivity contribution in [1.29, 1.82) is 0 Å². The molecule has 1 aliphatic heterocycles. The molecule has 0 atom stereocenters. The Morgan fingerprint density at radius 1 is 0.971 bits per heavy atom. The number of ether oxygens (including phenoxy) is 1. The van der Waals surface area contributed by atoms with Crippen LogP contribution >= 0.6 is 11.6 Å². The van der Waals surface area contributed by atoms with Crippen LogP contribution in [0.15, 0.2) is 60.9 Å². The number of aromatic hydroxyl groups is 1. The summed E-state index contributed by atoms with van der Waals surface area (Å²) >= 11 is 6.21. The van der Waals surface area contributed by atoms with Crippen LogP contribution < -0.4 is 15.0 Å². The van der Waals surface area contributed by atoms with E-state index in [0.717, 1.165) is 65.4 Å². The lowest BCUT2D eigenvalue weighted by atomic mass is 10.0. The lowest BCUT2D eigenvalue weighted by molar-refractivity contribution is 0.312. The maximum absolute atomic E-state index is 10.1. The van der Waals surface area contributed by atoms with E-state index in [9.17, 15) is 5.11 Å². The van der Waals surface area contributed by atoms with Crippen LogP contribution in [0.25, 0.3) is 22.0 Å². The summed E-state index contributed by atoms with van der Waals surface area (Å²) in [6, 6.07) is 15.6. The van der Waals surface area contributed by atoms with Crippen molar-refractivity contribution in [3.8, 4) is 22.6 Å². The summed E-state index contributed by atoms with van der Waals surface area (Å²) in [7, 11) is 3.65. The van der Waals surface area contributed by atoms with Crippen molar-refractivity contribution in [2.24, 2.45) is 0 Å². The van der Waals surface area contributed by atoms with E-state index in [1.807, 2.05) is 24.4 Å². The molecule has 0 saturated carbocycles. The van der Waals surface area contributed by atoms with Crippen molar-refractivity contribution in [3.05, 3.63) is 65.9 Å². The Morgan fingerprint density at radius 2 is 1.79 bits per heavy atom. The van der Waals surface area contributed by atoms with Gasteiger partial charge in [0, 0.05) is 43.4 Å². The van der Waals surface area contributed by atoms with Gasteiger partial charge < -0.3 is 25.0 Å². The van der Waals surface area contributed by atoms with Crippen LogP contribution in [0.2, 0.25) is 5.02 Å². The van der Waals surface area contributed by atoms with E-state index in [2.05, 4.69) is 50.3 Å². The normalized spacial score (nSPS) is 14.4. The van der Waals surface area contributed by atoms with Gasteiger partial charge in [-0.3, -0.25) is 4.98 Å². The van der Waals surface area contributed by atoms with Gasteiger partial charge in [-0.25, -0.2) is 4.98 Å². The molecule has 1 aliphatic rings. The smallest absolute Gasteiger partial charge is 0.176 e. The second-order valence-electron chi connectivity index (χ2n) is 8.42. The first-order valence-corrected chi connectivity index (χ1v) is 11.5. The van der Waals surface area contributed by atoms with Crippen LogP contribution in [0.1, 0.15) is 0 Å². The number of fused-ring (bicyclic) bond motifs is 1. The second-order valence-corrected chi connectivity index (χ2v) is 8.83. The van der Waals surface area contributed by atoms with Gasteiger partial charge >= 0.3 is 0 Å². The first kappa shape index (κ1) is 22.3. The third-order valence-corrected chi connectivity index (χ3v) is 6.47. The number of methoxy groups -OCH3 is 1. The number of rotatable bonds is 5. The largest absolute Gasteiger partial charge is 0.503 e. The molecule has 34 heavy (non-hydrogen) atoms. The maximum Gasteiger partial charge on any atom is 0.176 e. The highest BCUT2D eigenvalue weighted by Gasteiger charge is 2.15. The summed E-state index contributed by atoms with van der Waals surface area (Å²) in [5.74, 6) is 1.27. The standard InChI is InChI=1S/C26H26ClN5O2/c1-31-9-11-32(12-10-31)25-6-4-19(16-29-25)30-23-7-8-28-22-5-3-17(13-20(22)23)18-14-21(27)26(33)24(15-18)34-2/h3-8,13-16,33H,9-12H2,1-2H3,(H,28,30). The molecule has 0 aliphatic carbocycles. The van der Waals surface area contributed by atoms with Gasteiger partial charge in [-0.05, 0) is 60.6 Å². The Bertz CT molecular complexity index is 1320. The lowest BCUT2D eigenvalue weighted by Crippen LogP contribution is -2.44. The Labute approximate surface area is 203 Å². The van der Waals surface area contributed by atoms with Crippen LogP contribution in [0.4, 0.5) is 17.2 Å². The molecule has 1 saturated heterocycles. The van der Waals surface area contributed by atoms with Crippen LogP contribution in [0.5, 0.6) is 11.5 Å². The predicted octanol–water partition coefficient (Wildman–Crippen LogP) is 5.16. The molecule has 0 radical (unpaired) electrons. The van der Waals surface area contributed by atoms with Gasteiger partial charge in [0.15, 0.2) is 11.5 Å². The van der Waals surface area contributed by atoms with Gasteiger partial charge in [0.25, 0.3) is 0 Å². The Balaban J connectivity index is 1.44. The minimum Gasteiger partial charge on any atom is -0.503 e. The summed E-state index contributed by atoms with van der Waals surface area (Å²) in [6.07, 6.45) is 3.66. The number of likely N-dealkylation sites (N-methyl/N-ethyl adjacent to an activating group) is 1. The van der Waals surface area contributed by atoms with Crippen molar-refractivity contribution in [2.45, 2.75) is 0 Å². The predicted molar refractivity (Wildman–Crippen MR) is 138 cm³/mol. The quantitative estimate of drug-likeness (QED) is 0.413. The second kappa shape index (κ2) is 9.37. The molecule has 0 amide bonds. The molecule has 3 heterocycles. The Hall–Kier alpha value is -3.55. The van der Waals surface area contributed by atoms with Crippen molar-refractivity contribution in [3.63, 3.8) is 0 Å². The zero-order valence-corrected chi connectivity index (χ0v) is 19.9. The fourth-order valence-electron chi connectivity index (χ4n) is 4.17. The average molecular weight is 476 g/mol. The molecule has 2 N–H and O–H groups in total. The summed E-state index contributed by atoms with van der Waals surface area (Å²) in [5.41, 5.74) is 4.48. The zero-order chi connectivity index (χ0) is 23.7. The number of nitrogens with zero attached hydrogens (tertiary/aromatic N) is 4. The first-order chi connectivity index (χ1) is 16.5. The van der Waals surface area contributed by atoms with E-state index in [4.69, 9.17) is 16.3 Å². The summed E-state index contributed by atoms with van der Waals surface area (Å²) in [4.78, 5) is 13.8. The highest BCUT2D eigenvalue weighted by atomic mass is 35.5. The maximum atomic E-state index is 10.1. The number of phenolic OH excluding ortho intramolecular Hbond substituents is 1. The summed E-state index contributed by atoms with van der Waals surface area (Å²) < 4.78 is 5.26. The van der Waals surface area contributed by atoms with Crippen LogP contribution in [-0.4, -0.2) is 60.3 Å². The van der Waals surface area contributed by atoms with Gasteiger partial charge in [0.2, 0.25) is 0 Å². The van der Waals surface area contributed by atoms with Gasteiger partial charge in [0.1, 0.15) is 5.82 Å². The number of piperazine rings is 1. The zero-order valence-electron chi connectivity index (χ0n) is 19.1. The number of hydrogen-bond acceptors (Lipinski definition) is 7. The van der Waals surface area contributed by atoms with E-state index in [1.165, 1.54) is 7.11 Å². The number of pyridine rings is 2. The molecule has 0 unspecified atom stereocenters. The van der Waals surface area contributed by atoms with Gasteiger partial charge in [-0.1, -0.05) is 17.7 Å². The number of phenols is 1. The molecule has 174 valence electrons. The third kappa shape index (κ3) is 4.44. The van der Waals surface area contributed by atoms with E-state index in [1.54, 1.807) is 18.3 Å². The van der Waals surface area contributed by atoms with Crippen molar-refractivity contribution in [2.75, 3.05) is 50.6 Å². The number of nitrogens with one attached hydrogen (secondary N) is 1. The van der Waals surface area contributed by atoms with E-state index in [-0.39, 0.29) is 10.8 Å². The summed E-state index contributed by atoms with van der Waals surface area (Å²) in [6.45, 7) is 4.07. The highest BCUT2D eigenvalue weighted by Crippen LogP contribution is 2.39. The highest BCUT2D eigenvalue weighted by molar-refractivity contribution is 6.32. The van der Waals surface area contributed by atoms with Crippen molar-refractivity contribution >= 4 is 39.7 Å². The molecule has 0 bridgehead atoms. The monoisotopic (exact) mass is 475 g/mol. The number of benzene rings is 2. The van der Waals surface area contributed by atoms with Crippen molar-refractivity contribution < 1.29 is 9.84 Å². The van der Waals surface area contributed by atoms with Crippen LogP contribution in [-0.2, 0) is 0 Å². The topological polar surface area (TPSA) is 73.8 Å². The van der Waals surface area contributed by atoms with E-state index < -0.39 is 0 Å². The van der Waals surface area contributed by atoms with Gasteiger partial charge in [0.05, 0.1) is 29.5 Å². The molecular weight excluding hydrogens is 450 g/mol. The van der Waals surface area contributed by atoms with Crippen LogP contribution in [0.3, 0.4) is 0 Å². The SMILES string of the molecule is COc1cc(-c2ccc3nccc(Nc4ccc(N5CCN(C)CC5)nc4)c3c2)cc(Cl)c1O. The number of halogens is 1. The third-order valence-electron chi connectivity index (χ3n) is 6.18. The van der Waals surface area contributed by atoms with Crippen LogP contribution in [0, 0.1) is 0 Å². The molecule has 4 aromatic rings. The fraction of sp³-hybridized carbons (Fsp3) is 0.231. The first-order valence-electron chi connectivity index (χ1n) is 11.1. The minimum absolute atomic E-state index is 0.0646. The molecule has 8 heteroatoms.